The SMILES string of the molecule is CCCC(=O)NP(=O)(SN)SN. The van der Waals surface area contributed by atoms with Crippen molar-refractivity contribution < 1.29 is 9.36 Å². The molecule has 0 aromatic heterocycles. The third kappa shape index (κ3) is 4.37. The predicted molar refractivity (Wildman–Crippen MR) is 54.2 cm³/mol. The van der Waals surface area contributed by atoms with Crippen molar-refractivity contribution in [3.63, 3.8) is 0 Å². The molecule has 8 heteroatoms. The van der Waals surface area contributed by atoms with E-state index in [4.69, 9.17) is 10.3 Å². The van der Waals surface area contributed by atoms with Crippen molar-refractivity contribution in [2.75, 3.05) is 0 Å². The molecule has 0 saturated carbocycles. The maximum atomic E-state index is 11.4. The Bertz CT molecular complexity index is 193. The Labute approximate surface area is 79.6 Å². The molecule has 0 radical (unpaired) electrons. The van der Waals surface area contributed by atoms with E-state index in [2.05, 4.69) is 5.09 Å². The molecule has 0 unspecified atom stereocenters. The second kappa shape index (κ2) is 5.88. The third-order valence-corrected chi connectivity index (χ3v) is 5.86. The number of carbonyl (C=O) groups is 1. The third-order valence-electron chi connectivity index (χ3n) is 1.02. The van der Waals surface area contributed by atoms with E-state index < -0.39 is 5.70 Å². The maximum Gasteiger partial charge on any atom is 0.308 e. The van der Waals surface area contributed by atoms with Crippen LogP contribution in [-0.4, -0.2) is 5.91 Å². The molecule has 0 aliphatic carbocycles. The summed E-state index contributed by atoms with van der Waals surface area (Å²) in [5, 5.41) is 12.5. The van der Waals surface area contributed by atoms with Gasteiger partial charge in [0.05, 0.1) is 0 Å². The summed E-state index contributed by atoms with van der Waals surface area (Å²) >= 11 is 1.18. The fourth-order valence-electron chi connectivity index (χ4n) is 0.513. The van der Waals surface area contributed by atoms with E-state index in [1.165, 1.54) is 0 Å². The molecule has 5 nitrogen and oxygen atoms in total. The Hall–Kier alpha value is 0.320. The lowest BCUT2D eigenvalue weighted by Gasteiger charge is -2.11. The summed E-state index contributed by atoms with van der Waals surface area (Å²) in [4.78, 5) is 11.0. The lowest BCUT2D eigenvalue weighted by atomic mass is 10.3. The smallest absolute Gasteiger partial charge is 0.289 e. The molecular weight excluding hydrogens is 217 g/mol. The highest BCUT2D eigenvalue weighted by Gasteiger charge is 2.22. The van der Waals surface area contributed by atoms with Gasteiger partial charge in [-0.3, -0.25) is 24.7 Å². The van der Waals surface area contributed by atoms with Crippen LogP contribution in [0.2, 0.25) is 0 Å². The zero-order valence-corrected chi connectivity index (χ0v) is 9.18. The van der Waals surface area contributed by atoms with Crippen molar-refractivity contribution in [3.8, 4) is 0 Å². The van der Waals surface area contributed by atoms with Gasteiger partial charge in [0.1, 0.15) is 0 Å². The van der Waals surface area contributed by atoms with E-state index >= 15 is 0 Å². The Morgan fingerprint density at radius 1 is 1.50 bits per heavy atom. The second-order valence-electron chi connectivity index (χ2n) is 1.99. The molecule has 0 aliphatic rings. The number of hydrogen-bond acceptors (Lipinski definition) is 6. The first kappa shape index (κ1) is 12.3. The summed E-state index contributed by atoms with van der Waals surface area (Å²) in [6.07, 6.45) is 1.04. The first-order valence-electron chi connectivity index (χ1n) is 3.26. The quantitative estimate of drug-likeness (QED) is 0.484. The van der Waals surface area contributed by atoms with E-state index in [0.29, 0.717) is 36.0 Å². The van der Waals surface area contributed by atoms with Crippen molar-refractivity contribution in [1.29, 1.82) is 0 Å². The van der Waals surface area contributed by atoms with Crippen molar-refractivity contribution in [1.82, 2.24) is 5.09 Å². The van der Waals surface area contributed by atoms with Gasteiger partial charge in [0.2, 0.25) is 5.91 Å². The molecule has 0 aliphatic heterocycles. The van der Waals surface area contributed by atoms with Gasteiger partial charge in [0.15, 0.2) is 0 Å². The van der Waals surface area contributed by atoms with Gasteiger partial charge in [-0.2, -0.15) is 0 Å². The summed E-state index contributed by atoms with van der Waals surface area (Å²) in [5.41, 5.74) is -2.98. The van der Waals surface area contributed by atoms with Crippen LogP contribution in [0.3, 0.4) is 0 Å². The monoisotopic (exact) mass is 229 g/mol. The van der Waals surface area contributed by atoms with Crippen LogP contribution >= 0.6 is 28.8 Å². The topological polar surface area (TPSA) is 98.2 Å². The molecule has 0 aromatic carbocycles. The molecule has 0 spiro atoms. The molecule has 0 bridgehead atoms. The first-order valence-corrected chi connectivity index (χ1v) is 7.93. The van der Waals surface area contributed by atoms with Gasteiger partial charge in [-0.15, -0.1) is 0 Å². The van der Waals surface area contributed by atoms with Crippen LogP contribution in [0.15, 0.2) is 0 Å². The molecule has 12 heavy (non-hydrogen) atoms. The van der Waals surface area contributed by atoms with Crippen LogP contribution in [0.5, 0.6) is 0 Å². The van der Waals surface area contributed by atoms with E-state index in [1.54, 1.807) is 0 Å². The number of hydrogen-bond donors (Lipinski definition) is 3. The maximum absolute atomic E-state index is 11.4. The second-order valence-corrected chi connectivity index (χ2v) is 8.68. The minimum absolute atomic E-state index is 0.281. The summed E-state index contributed by atoms with van der Waals surface area (Å²) in [5.74, 6) is -0.281. The molecule has 0 fully saturated rings. The van der Waals surface area contributed by atoms with Gasteiger partial charge in [0.25, 0.3) is 0 Å². The molecule has 1 amide bonds. The van der Waals surface area contributed by atoms with Crippen molar-refractivity contribution in [2.24, 2.45) is 10.3 Å². The number of rotatable bonds is 5. The molecule has 0 aromatic rings. The van der Waals surface area contributed by atoms with E-state index in [1.807, 2.05) is 6.92 Å². The zero-order chi connectivity index (χ0) is 9.61. The minimum atomic E-state index is -2.98. The molecule has 0 saturated heterocycles. The van der Waals surface area contributed by atoms with Crippen LogP contribution in [0.4, 0.5) is 0 Å². The molecule has 0 rings (SSSR count). The van der Waals surface area contributed by atoms with E-state index in [9.17, 15) is 9.36 Å². The zero-order valence-electron chi connectivity index (χ0n) is 6.65. The lowest BCUT2D eigenvalue weighted by Crippen LogP contribution is -2.18. The number of nitrogens with two attached hydrogens (primary N) is 2. The molecule has 72 valence electrons. The highest BCUT2D eigenvalue weighted by atomic mass is 33.1. The van der Waals surface area contributed by atoms with E-state index in [-0.39, 0.29) is 5.91 Å². The van der Waals surface area contributed by atoms with Crippen LogP contribution < -0.4 is 15.4 Å². The minimum Gasteiger partial charge on any atom is -0.289 e. The van der Waals surface area contributed by atoms with Gasteiger partial charge in [-0.1, -0.05) is 6.92 Å². The predicted octanol–water partition coefficient (Wildman–Crippen LogP) is 1.22. The van der Waals surface area contributed by atoms with Crippen molar-refractivity contribution in [2.45, 2.75) is 19.8 Å². The van der Waals surface area contributed by atoms with Gasteiger partial charge in [0, 0.05) is 29.6 Å². The van der Waals surface area contributed by atoms with Crippen LogP contribution in [-0.2, 0) is 9.36 Å². The largest absolute Gasteiger partial charge is 0.308 e. The van der Waals surface area contributed by atoms with Crippen molar-refractivity contribution in [3.05, 3.63) is 0 Å². The van der Waals surface area contributed by atoms with E-state index in [0.717, 1.165) is 0 Å². The molecule has 5 N–H and O–H groups in total. The average Bonchev–Trinajstić information content (AvgIpc) is 2.05. The summed E-state index contributed by atoms with van der Waals surface area (Å²) in [6, 6.07) is 0. The normalized spacial score (nSPS) is 11.2. The highest BCUT2D eigenvalue weighted by Crippen LogP contribution is 2.60. The summed E-state index contributed by atoms with van der Waals surface area (Å²) < 4.78 is 11.4. The summed E-state index contributed by atoms with van der Waals surface area (Å²) in [6.45, 7) is 1.86. The average molecular weight is 229 g/mol. The Morgan fingerprint density at radius 3 is 2.33 bits per heavy atom. The summed E-state index contributed by atoms with van der Waals surface area (Å²) in [7, 11) is 0. The number of amides is 1. The highest BCUT2D eigenvalue weighted by molar-refractivity contribution is 8.89. The number of carbonyl (C=O) groups excluding carboxylic acids is 1. The standard InChI is InChI=1S/C4H12N3O2PS2/c1-2-3-4(8)7-10(9,11-5)12-6/h2-3,5-6H2,1H3,(H,7,8,9). The fourth-order valence-corrected chi connectivity index (χ4v) is 2.61. The van der Waals surface area contributed by atoms with Crippen LogP contribution in [0, 0.1) is 0 Å². The Kier molecular flexibility index (Phi) is 6.04. The van der Waals surface area contributed by atoms with Crippen LogP contribution in [0.25, 0.3) is 0 Å². The molecule has 0 heterocycles. The van der Waals surface area contributed by atoms with Gasteiger partial charge in [-0.25, -0.2) is 0 Å². The van der Waals surface area contributed by atoms with Crippen molar-refractivity contribution >= 4 is 34.7 Å². The molecule has 0 atom stereocenters. The number of nitrogens with one attached hydrogen (secondary N) is 1. The fraction of sp³-hybridized carbons (Fsp3) is 0.750. The Balaban J connectivity index is 4.03. The first-order chi connectivity index (χ1) is 5.58. The van der Waals surface area contributed by atoms with Gasteiger partial charge >= 0.3 is 5.70 Å². The molecular formula is C4H12N3O2PS2. The Morgan fingerprint density at radius 2 is 2.00 bits per heavy atom. The van der Waals surface area contributed by atoms with Gasteiger partial charge in [-0.05, 0) is 6.42 Å². The lowest BCUT2D eigenvalue weighted by molar-refractivity contribution is -0.119. The van der Waals surface area contributed by atoms with Crippen LogP contribution in [0.1, 0.15) is 19.8 Å². The van der Waals surface area contributed by atoms with Gasteiger partial charge < -0.3 is 0 Å².